The van der Waals surface area contributed by atoms with Crippen LogP contribution in [-0.2, 0) is 17.8 Å². The van der Waals surface area contributed by atoms with E-state index in [1.807, 2.05) is 50.2 Å². The predicted octanol–water partition coefficient (Wildman–Crippen LogP) is 4.84. The molecule has 0 saturated heterocycles. The molecule has 0 atom stereocenters. The number of oxazole rings is 1. The molecule has 1 fully saturated rings. The number of aryl methyl sites for hydroxylation is 3. The maximum Gasteiger partial charge on any atom is 0.416 e. The lowest BCUT2D eigenvalue weighted by atomic mass is 10.1. The van der Waals surface area contributed by atoms with E-state index in [2.05, 4.69) is 4.98 Å². The summed E-state index contributed by atoms with van der Waals surface area (Å²) in [6.45, 7) is 6.12. The van der Waals surface area contributed by atoms with Crippen LogP contribution in [0.4, 0.5) is 4.79 Å². The predicted molar refractivity (Wildman–Crippen MR) is 124 cm³/mol. The SMILES string of the molecule is Cc1ccc(OC(=O)N(Cc2cccc(OCCc3nc(C)oc3C)c2)C2(C(=O)O)CC2)cc1. The van der Waals surface area contributed by atoms with Gasteiger partial charge in [-0.3, -0.25) is 4.90 Å². The highest BCUT2D eigenvalue weighted by Crippen LogP contribution is 2.43. The van der Waals surface area contributed by atoms with Gasteiger partial charge < -0.3 is 19.0 Å². The van der Waals surface area contributed by atoms with E-state index in [-0.39, 0.29) is 6.54 Å². The number of aliphatic carboxylic acids is 1. The maximum absolute atomic E-state index is 13.0. The average molecular weight is 465 g/mol. The van der Waals surface area contributed by atoms with Crippen LogP contribution in [0.15, 0.2) is 52.9 Å². The Bertz CT molecular complexity index is 1180. The van der Waals surface area contributed by atoms with Gasteiger partial charge in [-0.15, -0.1) is 0 Å². The standard InChI is InChI=1S/C26H28N2O6/c1-17-7-9-21(10-8-17)34-25(31)28(26(12-13-26)24(29)30)16-20-5-4-6-22(15-20)32-14-11-23-18(2)33-19(3)27-23/h4-10,15H,11-14,16H2,1-3H3,(H,29,30). The van der Waals surface area contributed by atoms with Crippen LogP contribution in [0.5, 0.6) is 11.5 Å². The van der Waals surface area contributed by atoms with Crippen LogP contribution in [0, 0.1) is 20.8 Å². The first-order chi connectivity index (χ1) is 16.3. The van der Waals surface area contributed by atoms with E-state index in [1.165, 1.54) is 4.90 Å². The van der Waals surface area contributed by atoms with Gasteiger partial charge in [-0.25, -0.2) is 14.6 Å². The number of amides is 1. The lowest BCUT2D eigenvalue weighted by Crippen LogP contribution is -2.48. The van der Waals surface area contributed by atoms with Crippen molar-refractivity contribution >= 4 is 12.1 Å². The number of rotatable bonds is 9. The number of carbonyl (C=O) groups is 2. The fourth-order valence-corrected chi connectivity index (χ4v) is 3.86. The Morgan fingerprint density at radius 3 is 2.44 bits per heavy atom. The summed E-state index contributed by atoms with van der Waals surface area (Å²) >= 11 is 0. The van der Waals surface area contributed by atoms with Gasteiger partial charge in [0.05, 0.1) is 18.8 Å². The smallest absolute Gasteiger partial charge is 0.416 e. The largest absolute Gasteiger partial charge is 0.493 e. The maximum atomic E-state index is 13.0. The molecule has 0 spiro atoms. The number of ether oxygens (including phenoxy) is 2. The van der Waals surface area contributed by atoms with E-state index >= 15 is 0 Å². The fourth-order valence-electron chi connectivity index (χ4n) is 3.86. The number of nitrogens with zero attached hydrogens (tertiary/aromatic N) is 2. The zero-order chi connectivity index (χ0) is 24.3. The zero-order valence-electron chi connectivity index (χ0n) is 19.5. The van der Waals surface area contributed by atoms with Crippen LogP contribution in [0.2, 0.25) is 0 Å². The van der Waals surface area contributed by atoms with Gasteiger partial charge in [-0.2, -0.15) is 0 Å². The molecule has 1 N–H and O–H groups in total. The van der Waals surface area contributed by atoms with Crippen molar-refractivity contribution in [1.29, 1.82) is 0 Å². The number of carboxylic acids is 1. The molecule has 1 aliphatic carbocycles. The summed E-state index contributed by atoms with van der Waals surface area (Å²) in [5.74, 6) is 1.37. The van der Waals surface area contributed by atoms with Gasteiger partial charge >= 0.3 is 12.1 Å². The number of carboxylic acid groups (broad SMARTS) is 1. The number of hydrogen-bond donors (Lipinski definition) is 1. The third kappa shape index (κ3) is 5.22. The molecule has 4 rings (SSSR count). The van der Waals surface area contributed by atoms with Gasteiger partial charge in [0.2, 0.25) is 0 Å². The van der Waals surface area contributed by atoms with E-state index in [0.29, 0.717) is 43.3 Å². The minimum absolute atomic E-state index is 0.0930. The molecule has 3 aromatic rings. The Labute approximate surface area is 198 Å². The molecule has 1 saturated carbocycles. The summed E-state index contributed by atoms with van der Waals surface area (Å²) in [6.07, 6.45) is 0.687. The number of benzene rings is 2. The van der Waals surface area contributed by atoms with Crippen LogP contribution in [0.3, 0.4) is 0 Å². The zero-order valence-corrected chi connectivity index (χ0v) is 19.5. The highest BCUT2D eigenvalue weighted by Gasteiger charge is 2.57. The molecular weight excluding hydrogens is 436 g/mol. The Morgan fingerprint density at radius 1 is 1.09 bits per heavy atom. The molecule has 0 unspecified atom stereocenters. The number of hydrogen-bond acceptors (Lipinski definition) is 6. The Morgan fingerprint density at radius 2 is 1.82 bits per heavy atom. The van der Waals surface area contributed by atoms with Crippen molar-refractivity contribution in [2.75, 3.05) is 6.61 Å². The average Bonchev–Trinajstić information content (AvgIpc) is 3.54. The van der Waals surface area contributed by atoms with E-state index in [4.69, 9.17) is 13.9 Å². The van der Waals surface area contributed by atoms with Crippen molar-refractivity contribution in [3.63, 3.8) is 0 Å². The van der Waals surface area contributed by atoms with E-state index < -0.39 is 17.6 Å². The minimum Gasteiger partial charge on any atom is -0.493 e. The van der Waals surface area contributed by atoms with Crippen molar-refractivity contribution in [1.82, 2.24) is 9.88 Å². The quantitative estimate of drug-likeness (QED) is 0.483. The minimum atomic E-state index is -1.25. The molecule has 1 amide bonds. The van der Waals surface area contributed by atoms with Gasteiger partial charge in [-0.1, -0.05) is 29.8 Å². The Hall–Kier alpha value is -3.81. The van der Waals surface area contributed by atoms with Crippen LogP contribution >= 0.6 is 0 Å². The van der Waals surface area contributed by atoms with Crippen LogP contribution < -0.4 is 9.47 Å². The lowest BCUT2D eigenvalue weighted by Gasteiger charge is -2.28. The molecule has 8 nitrogen and oxygen atoms in total. The van der Waals surface area contributed by atoms with Crippen molar-refractivity contribution in [3.05, 3.63) is 77.0 Å². The van der Waals surface area contributed by atoms with Gasteiger partial charge in [0.25, 0.3) is 0 Å². The van der Waals surface area contributed by atoms with Crippen molar-refractivity contribution in [2.45, 2.75) is 52.1 Å². The number of aromatic nitrogens is 1. The highest BCUT2D eigenvalue weighted by atomic mass is 16.6. The molecule has 0 radical (unpaired) electrons. The normalized spacial score (nSPS) is 13.9. The second-order valence-corrected chi connectivity index (χ2v) is 8.59. The Balaban J connectivity index is 1.45. The van der Waals surface area contributed by atoms with Crippen LogP contribution in [0.25, 0.3) is 0 Å². The molecule has 8 heteroatoms. The second-order valence-electron chi connectivity index (χ2n) is 8.59. The summed E-state index contributed by atoms with van der Waals surface area (Å²) < 4.78 is 16.8. The molecule has 0 bridgehead atoms. The molecule has 2 aromatic carbocycles. The summed E-state index contributed by atoms with van der Waals surface area (Å²) in [4.78, 5) is 30.7. The monoisotopic (exact) mass is 464 g/mol. The molecule has 178 valence electrons. The van der Waals surface area contributed by atoms with Crippen molar-refractivity contribution < 1.29 is 28.6 Å². The van der Waals surface area contributed by atoms with E-state index in [1.54, 1.807) is 19.1 Å². The number of carbonyl (C=O) groups excluding carboxylic acids is 1. The summed E-state index contributed by atoms with van der Waals surface area (Å²) in [5.41, 5.74) is 1.39. The summed E-state index contributed by atoms with van der Waals surface area (Å²) in [7, 11) is 0. The third-order valence-corrected chi connectivity index (χ3v) is 5.93. The second kappa shape index (κ2) is 9.59. The summed E-state index contributed by atoms with van der Waals surface area (Å²) in [6, 6.07) is 14.3. The first kappa shape index (κ1) is 23.4. The van der Waals surface area contributed by atoms with Crippen molar-refractivity contribution in [2.24, 2.45) is 0 Å². The van der Waals surface area contributed by atoms with Gasteiger partial charge in [-0.05, 0) is 56.5 Å². The highest BCUT2D eigenvalue weighted by molar-refractivity contribution is 5.88. The Kier molecular flexibility index (Phi) is 6.58. The third-order valence-electron chi connectivity index (χ3n) is 5.93. The van der Waals surface area contributed by atoms with E-state index in [9.17, 15) is 14.7 Å². The molecule has 1 aliphatic rings. The molecule has 34 heavy (non-hydrogen) atoms. The molecule has 1 heterocycles. The fraction of sp³-hybridized carbons (Fsp3) is 0.346. The topological polar surface area (TPSA) is 102 Å². The molecular formula is C26H28N2O6. The molecule has 0 aliphatic heterocycles. The van der Waals surface area contributed by atoms with Gasteiger partial charge in [0.15, 0.2) is 5.89 Å². The van der Waals surface area contributed by atoms with E-state index in [0.717, 1.165) is 22.6 Å². The van der Waals surface area contributed by atoms with Crippen LogP contribution in [0.1, 0.15) is 41.3 Å². The van der Waals surface area contributed by atoms with Crippen LogP contribution in [-0.4, -0.2) is 39.2 Å². The van der Waals surface area contributed by atoms with Gasteiger partial charge in [0.1, 0.15) is 22.8 Å². The first-order valence-corrected chi connectivity index (χ1v) is 11.2. The van der Waals surface area contributed by atoms with Gasteiger partial charge in [0, 0.05) is 13.3 Å². The summed E-state index contributed by atoms with van der Waals surface area (Å²) in [5, 5.41) is 9.82. The lowest BCUT2D eigenvalue weighted by molar-refractivity contribution is -0.144. The molecule has 1 aromatic heterocycles. The first-order valence-electron chi connectivity index (χ1n) is 11.2. The van der Waals surface area contributed by atoms with Crippen molar-refractivity contribution in [3.8, 4) is 11.5 Å².